The first-order valence-electron chi connectivity index (χ1n) is 7.58. The van der Waals surface area contributed by atoms with Crippen molar-refractivity contribution in [1.82, 2.24) is 0 Å². The van der Waals surface area contributed by atoms with Crippen molar-refractivity contribution in [3.8, 4) is 5.75 Å². The maximum atomic E-state index is 12.5. The minimum Gasteiger partial charge on any atom is -0.479 e. The summed E-state index contributed by atoms with van der Waals surface area (Å²) >= 11 is 0. The van der Waals surface area contributed by atoms with Gasteiger partial charge in [-0.1, -0.05) is 30.3 Å². The highest BCUT2D eigenvalue weighted by atomic mass is 16.5. The van der Waals surface area contributed by atoms with E-state index in [0.717, 1.165) is 5.56 Å². The summed E-state index contributed by atoms with van der Waals surface area (Å²) in [5, 5.41) is 5.55. The summed E-state index contributed by atoms with van der Waals surface area (Å²) in [5.74, 6) is 0.0663. The molecule has 6 heteroatoms. The number of rotatable bonds is 4. The summed E-state index contributed by atoms with van der Waals surface area (Å²) in [5.41, 5.74) is 1.85. The normalized spacial score (nSPS) is 17.2. The van der Waals surface area contributed by atoms with Gasteiger partial charge in [-0.2, -0.15) is 0 Å². The van der Waals surface area contributed by atoms with Crippen LogP contribution in [0.4, 0.5) is 11.4 Å². The fourth-order valence-electron chi connectivity index (χ4n) is 2.52. The molecule has 1 heterocycles. The number of anilines is 2. The molecule has 0 bridgehead atoms. The van der Waals surface area contributed by atoms with Gasteiger partial charge in [-0.15, -0.1) is 0 Å². The third-order valence-corrected chi connectivity index (χ3v) is 3.75. The number of carbonyl (C=O) groups is 2. The molecule has 6 nitrogen and oxygen atoms in total. The fraction of sp³-hybridized carbons (Fsp3) is 0.222. The average molecular weight is 326 g/mol. The Morgan fingerprint density at radius 2 is 2.00 bits per heavy atom. The second-order valence-electron chi connectivity index (χ2n) is 5.48. The highest BCUT2D eigenvalue weighted by Gasteiger charge is 2.24. The number of methoxy groups -OCH3 is 1. The van der Waals surface area contributed by atoms with Crippen LogP contribution in [0.25, 0.3) is 0 Å². The smallest absolute Gasteiger partial charge is 0.265 e. The van der Waals surface area contributed by atoms with Crippen LogP contribution in [0.5, 0.6) is 5.75 Å². The Balaban J connectivity index is 1.77. The van der Waals surface area contributed by atoms with Crippen molar-refractivity contribution >= 4 is 23.2 Å². The topological polar surface area (TPSA) is 76.7 Å². The standard InChI is InChI=1S/C18H18N2O4/c1-11-17(21)20-14-10-13(8-9-15(14)24-11)19-18(22)16(23-2)12-6-4-3-5-7-12/h3-11,16H,1-2H3,(H,19,22)(H,20,21)/t11-,16+/m0/s1. The summed E-state index contributed by atoms with van der Waals surface area (Å²) in [6.07, 6.45) is -1.25. The Hall–Kier alpha value is -2.86. The zero-order valence-electron chi connectivity index (χ0n) is 13.4. The summed E-state index contributed by atoms with van der Waals surface area (Å²) in [4.78, 5) is 24.2. The van der Waals surface area contributed by atoms with Gasteiger partial charge in [-0.25, -0.2) is 0 Å². The molecule has 0 spiro atoms. The number of benzene rings is 2. The summed E-state index contributed by atoms with van der Waals surface area (Å²) in [6, 6.07) is 14.3. The van der Waals surface area contributed by atoms with E-state index < -0.39 is 12.2 Å². The minimum absolute atomic E-state index is 0.218. The molecule has 0 saturated heterocycles. The molecular formula is C18H18N2O4. The van der Waals surface area contributed by atoms with Gasteiger partial charge >= 0.3 is 0 Å². The Labute approximate surface area is 139 Å². The van der Waals surface area contributed by atoms with Gasteiger partial charge in [-0.05, 0) is 30.7 Å². The number of nitrogens with one attached hydrogen (secondary N) is 2. The van der Waals surface area contributed by atoms with E-state index in [4.69, 9.17) is 9.47 Å². The number of ether oxygens (including phenoxy) is 2. The van der Waals surface area contributed by atoms with Crippen LogP contribution in [0.2, 0.25) is 0 Å². The van der Waals surface area contributed by atoms with Gasteiger partial charge in [0.05, 0.1) is 5.69 Å². The Morgan fingerprint density at radius 3 is 2.71 bits per heavy atom. The van der Waals surface area contributed by atoms with Gasteiger partial charge in [0.2, 0.25) is 0 Å². The molecule has 124 valence electrons. The molecule has 3 rings (SSSR count). The van der Waals surface area contributed by atoms with Crippen molar-refractivity contribution < 1.29 is 19.1 Å². The van der Waals surface area contributed by atoms with E-state index in [0.29, 0.717) is 17.1 Å². The van der Waals surface area contributed by atoms with Crippen molar-refractivity contribution in [2.24, 2.45) is 0 Å². The van der Waals surface area contributed by atoms with Gasteiger partial charge in [-0.3, -0.25) is 9.59 Å². The number of hydrogen-bond donors (Lipinski definition) is 2. The van der Waals surface area contributed by atoms with Crippen LogP contribution in [0.15, 0.2) is 48.5 Å². The quantitative estimate of drug-likeness (QED) is 0.906. The van der Waals surface area contributed by atoms with E-state index in [1.54, 1.807) is 25.1 Å². The summed E-state index contributed by atoms with van der Waals surface area (Å²) in [6.45, 7) is 1.68. The van der Waals surface area contributed by atoms with Crippen LogP contribution in [0.3, 0.4) is 0 Å². The lowest BCUT2D eigenvalue weighted by atomic mass is 10.1. The van der Waals surface area contributed by atoms with Gasteiger partial charge < -0.3 is 20.1 Å². The highest BCUT2D eigenvalue weighted by molar-refractivity contribution is 6.00. The van der Waals surface area contributed by atoms with Crippen LogP contribution < -0.4 is 15.4 Å². The van der Waals surface area contributed by atoms with Crippen molar-refractivity contribution in [2.45, 2.75) is 19.1 Å². The third-order valence-electron chi connectivity index (χ3n) is 3.75. The van der Waals surface area contributed by atoms with Crippen LogP contribution in [0.1, 0.15) is 18.6 Å². The molecule has 2 amide bonds. The molecule has 0 radical (unpaired) electrons. The molecule has 2 aromatic rings. The molecule has 2 aromatic carbocycles. The molecule has 2 N–H and O–H groups in total. The fourth-order valence-corrected chi connectivity index (χ4v) is 2.52. The van der Waals surface area contributed by atoms with Crippen molar-refractivity contribution in [3.05, 3.63) is 54.1 Å². The molecule has 0 aliphatic carbocycles. The lowest BCUT2D eigenvalue weighted by molar-refractivity contribution is -0.126. The first-order valence-corrected chi connectivity index (χ1v) is 7.58. The van der Waals surface area contributed by atoms with Crippen LogP contribution in [-0.2, 0) is 14.3 Å². The van der Waals surface area contributed by atoms with Gasteiger partial charge in [0.1, 0.15) is 5.75 Å². The number of fused-ring (bicyclic) bond motifs is 1. The number of carbonyl (C=O) groups excluding carboxylic acids is 2. The highest BCUT2D eigenvalue weighted by Crippen LogP contribution is 2.32. The molecule has 0 aromatic heterocycles. The SMILES string of the molecule is CO[C@@H](C(=O)Nc1ccc2c(c1)NC(=O)[C@H](C)O2)c1ccccc1. The average Bonchev–Trinajstić information content (AvgIpc) is 2.58. The number of amides is 2. The van der Waals surface area contributed by atoms with Crippen LogP contribution in [0, 0.1) is 0 Å². The Kier molecular flexibility index (Phi) is 4.48. The maximum Gasteiger partial charge on any atom is 0.265 e. The first kappa shape index (κ1) is 16.0. The van der Waals surface area contributed by atoms with Crippen molar-refractivity contribution in [3.63, 3.8) is 0 Å². The molecule has 0 saturated carbocycles. The molecular weight excluding hydrogens is 308 g/mol. The predicted molar refractivity (Wildman–Crippen MR) is 90.0 cm³/mol. The molecule has 0 unspecified atom stereocenters. The lowest BCUT2D eigenvalue weighted by Crippen LogP contribution is -2.34. The second kappa shape index (κ2) is 6.72. The van der Waals surface area contributed by atoms with Crippen molar-refractivity contribution in [1.29, 1.82) is 0 Å². The lowest BCUT2D eigenvalue weighted by Gasteiger charge is -2.24. The van der Waals surface area contributed by atoms with Crippen LogP contribution >= 0.6 is 0 Å². The largest absolute Gasteiger partial charge is 0.479 e. The summed E-state index contributed by atoms with van der Waals surface area (Å²) < 4.78 is 10.8. The molecule has 2 atom stereocenters. The number of hydrogen-bond acceptors (Lipinski definition) is 4. The molecule has 0 fully saturated rings. The Morgan fingerprint density at radius 1 is 1.25 bits per heavy atom. The minimum atomic E-state index is -0.715. The monoisotopic (exact) mass is 326 g/mol. The van der Waals surface area contributed by atoms with E-state index >= 15 is 0 Å². The summed E-state index contributed by atoms with van der Waals surface area (Å²) in [7, 11) is 1.49. The first-order chi connectivity index (χ1) is 11.6. The molecule has 1 aliphatic heterocycles. The van der Waals surface area contributed by atoms with Crippen molar-refractivity contribution in [2.75, 3.05) is 17.7 Å². The molecule has 24 heavy (non-hydrogen) atoms. The second-order valence-corrected chi connectivity index (χ2v) is 5.48. The van der Waals surface area contributed by atoms with Gasteiger partial charge in [0.15, 0.2) is 12.2 Å². The Bertz CT molecular complexity index is 761. The van der Waals surface area contributed by atoms with E-state index in [2.05, 4.69) is 10.6 Å². The van der Waals surface area contributed by atoms with E-state index in [1.165, 1.54) is 7.11 Å². The zero-order chi connectivity index (χ0) is 17.1. The van der Waals surface area contributed by atoms with Gasteiger partial charge in [0, 0.05) is 12.8 Å². The zero-order valence-corrected chi connectivity index (χ0v) is 13.4. The van der Waals surface area contributed by atoms with E-state index in [1.807, 2.05) is 30.3 Å². The third kappa shape index (κ3) is 3.23. The van der Waals surface area contributed by atoms with Crippen LogP contribution in [-0.4, -0.2) is 25.0 Å². The van der Waals surface area contributed by atoms with E-state index in [9.17, 15) is 9.59 Å². The molecule has 1 aliphatic rings. The van der Waals surface area contributed by atoms with E-state index in [-0.39, 0.29) is 11.8 Å². The maximum absolute atomic E-state index is 12.5. The predicted octanol–water partition coefficient (Wildman–Crippen LogP) is 2.73. The van der Waals surface area contributed by atoms with Gasteiger partial charge in [0.25, 0.3) is 11.8 Å².